The molecule has 2 aromatic carbocycles. The molecule has 1 unspecified atom stereocenters. The Labute approximate surface area is 161 Å². The molecule has 0 aliphatic rings. The Kier molecular flexibility index (Phi) is 8.49. The first-order valence-electron chi connectivity index (χ1n) is 9.75. The van der Waals surface area contributed by atoms with Crippen molar-refractivity contribution in [2.75, 3.05) is 0 Å². The van der Waals surface area contributed by atoms with Gasteiger partial charge >= 0.3 is 7.60 Å². The lowest BCUT2D eigenvalue weighted by Gasteiger charge is -2.22. The average molecular weight is 391 g/mol. The number of hydrogen-bond donors (Lipinski definition) is 3. The quantitative estimate of drug-likeness (QED) is 0.360. The fourth-order valence-electron chi connectivity index (χ4n) is 3.30. The second-order valence-corrected chi connectivity index (χ2v) is 8.69. The van der Waals surface area contributed by atoms with E-state index in [-0.39, 0.29) is 12.3 Å². The van der Waals surface area contributed by atoms with Crippen LogP contribution < -0.4 is 5.32 Å². The van der Waals surface area contributed by atoms with Crippen LogP contribution in [-0.4, -0.2) is 15.7 Å². The predicted octanol–water partition coefficient (Wildman–Crippen LogP) is 5.27. The summed E-state index contributed by atoms with van der Waals surface area (Å²) in [5, 5.41) is 4.20. The fourth-order valence-corrected chi connectivity index (χ4v) is 4.20. The van der Waals surface area contributed by atoms with Gasteiger partial charge in [-0.3, -0.25) is 9.36 Å². The fraction of sp³-hybridized carbons (Fsp3) is 0.476. The van der Waals surface area contributed by atoms with Crippen LogP contribution in [0.1, 0.15) is 69.6 Å². The third kappa shape index (κ3) is 6.76. The minimum Gasteiger partial charge on any atom is -0.338 e. The van der Waals surface area contributed by atoms with Gasteiger partial charge in [0, 0.05) is 6.42 Å². The van der Waals surface area contributed by atoms with Crippen LogP contribution in [0.4, 0.5) is 0 Å². The Morgan fingerprint density at radius 1 is 0.963 bits per heavy atom. The molecule has 27 heavy (non-hydrogen) atoms. The van der Waals surface area contributed by atoms with Gasteiger partial charge in [0.25, 0.3) is 0 Å². The van der Waals surface area contributed by atoms with E-state index < -0.39 is 13.4 Å². The Hall–Kier alpha value is -1.68. The SMILES string of the molecule is CCCCCCCCCC(=O)NC(c1cccc2ccccc12)P(=O)(O)O. The van der Waals surface area contributed by atoms with Crippen LogP contribution in [0.5, 0.6) is 0 Å². The maximum Gasteiger partial charge on any atom is 0.352 e. The molecule has 0 bridgehead atoms. The van der Waals surface area contributed by atoms with Crippen LogP contribution in [0.15, 0.2) is 42.5 Å². The maximum atomic E-state index is 12.3. The van der Waals surface area contributed by atoms with E-state index in [0.717, 1.165) is 30.0 Å². The Bertz CT molecular complexity index is 781. The standard InChI is InChI=1S/C21H30NO4P/c1-2-3-4-5-6-7-8-16-20(23)22-21(27(24,25)26)19-15-11-13-17-12-9-10-14-18(17)19/h9-15,21H,2-8,16H2,1H3,(H,22,23)(H2,24,25,26). The summed E-state index contributed by atoms with van der Waals surface area (Å²) in [7, 11) is -4.55. The average Bonchev–Trinajstić information content (AvgIpc) is 2.64. The summed E-state index contributed by atoms with van der Waals surface area (Å²) in [4.78, 5) is 31.9. The second-order valence-electron chi connectivity index (χ2n) is 7.00. The van der Waals surface area contributed by atoms with E-state index in [9.17, 15) is 19.1 Å². The molecule has 0 heterocycles. The number of unbranched alkanes of at least 4 members (excludes halogenated alkanes) is 6. The van der Waals surface area contributed by atoms with E-state index in [1.165, 1.54) is 25.7 Å². The van der Waals surface area contributed by atoms with E-state index in [2.05, 4.69) is 12.2 Å². The van der Waals surface area contributed by atoms with Crippen molar-refractivity contribution in [2.24, 2.45) is 0 Å². The Balaban J connectivity index is 1.99. The molecule has 1 atom stereocenters. The zero-order valence-electron chi connectivity index (χ0n) is 15.9. The molecule has 2 rings (SSSR count). The van der Waals surface area contributed by atoms with Crippen molar-refractivity contribution in [3.63, 3.8) is 0 Å². The van der Waals surface area contributed by atoms with E-state index in [4.69, 9.17) is 0 Å². The van der Waals surface area contributed by atoms with Crippen molar-refractivity contribution in [2.45, 2.75) is 64.1 Å². The number of rotatable bonds is 11. The number of benzene rings is 2. The highest BCUT2D eigenvalue weighted by molar-refractivity contribution is 7.52. The van der Waals surface area contributed by atoms with Crippen LogP contribution in [0.25, 0.3) is 10.8 Å². The Morgan fingerprint density at radius 2 is 1.59 bits per heavy atom. The van der Waals surface area contributed by atoms with Crippen molar-refractivity contribution in [3.05, 3.63) is 48.0 Å². The highest BCUT2D eigenvalue weighted by atomic mass is 31.2. The first-order chi connectivity index (χ1) is 12.9. The number of carbonyl (C=O) groups excluding carboxylic acids is 1. The summed E-state index contributed by atoms with van der Waals surface area (Å²) in [6, 6.07) is 12.7. The molecule has 2 aromatic rings. The molecule has 0 aromatic heterocycles. The molecule has 0 saturated heterocycles. The van der Waals surface area contributed by atoms with E-state index in [1.54, 1.807) is 12.1 Å². The zero-order chi connectivity index (χ0) is 19.7. The van der Waals surface area contributed by atoms with Crippen LogP contribution >= 0.6 is 7.60 Å². The molecule has 0 fully saturated rings. The highest BCUT2D eigenvalue weighted by Gasteiger charge is 2.32. The van der Waals surface area contributed by atoms with Gasteiger partial charge in [-0.05, 0) is 22.8 Å². The Morgan fingerprint density at radius 3 is 2.30 bits per heavy atom. The minimum absolute atomic E-state index is 0.287. The lowest BCUT2D eigenvalue weighted by Crippen LogP contribution is -2.28. The van der Waals surface area contributed by atoms with E-state index in [0.29, 0.717) is 5.56 Å². The summed E-state index contributed by atoms with van der Waals surface area (Å²) in [6.45, 7) is 2.18. The molecule has 5 nitrogen and oxygen atoms in total. The molecule has 0 spiro atoms. The molecular formula is C21H30NO4P. The second kappa shape index (κ2) is 10.6. The summed E-state index contributed by atoms with van der Waals surface area (Å²) in [5.74, 6) is -1.63. The first-order valence-corrected chi connectivity index (χ1v) is 11.4. The monoisotopic (exact) mass is 391 g/mol. The van der Waals surface area contributed by atoms with Gasteiger partial charge < -0.3 is 15.1 Å². The molecule has 1 amide bonds. The molecule has 0 saturated carbocycles. The molecular weight excluding hydrogens is 361 g/mol. The van der Waals surface area contributed by atoms with E-state index in [1.807, 2.05) is 30.3 Å². The van der Waals surface area contributed by atoms with Gasteiger partial charge in [0.05, 0.1) is 0 Å². The van der Waals surface area contributed by atoms with Crippen LogP contribution in [0.2, 0.25) is 0 Å². The number of hydrogen-bond acceptors (Lipinski definition) is 2. The number of nitrogens with one attached hydrogen (secondary N) is 1. The molecule has 0 aliphatic heterocycles. The zero-order valence-corrected chi connectivity index (χ0v) is 16.8. The summed E-state index contributed by atoms with van der Waals surface area (Å²) in [6.07, 6.45) is 7.94. The van der Waals surface area contributed by atoms with Crippen molar-refractivity contribution in [1.82, 2.24) is 5.32 Å². The number of carbonyl (C=O) groups is 1. The molecule has 148 valence electrons. The van der Waals surface area contributed by atoms with Crippen molar-refractivity contribution in [1.29, 1.82) is 0 Å². The molecule has 3 N–H and O–H groups in total. The van der Waals surface area contributed by atoms with E-state index >= 15 is 0 Å². The normalized spacial score (nSPS) is 12.9. The van der Waals surface area contributed by atoms with Crippen LogP contribution in [-0.2, 0) is 9.36 Å². The highest BCUT2D eigenvalue weighted by Crippen LogP contribution is 2.51. The lowest BCUT2D eigenvalue weighted by molar-refractivity contribution is -0.121. The summed E-state index contributed by atoms with van der Waals surface area (Å²) >= 11 is 0. The third-order valence-corrected chi connectivity index (χ3v) is 5.84. The molecule has 6 heteroatoms. The van der Waals surface area contributed by atoms with Gasteiger partial charge in [0.1, 0.15) is 0 Å². The van der Waals surface area contributed by atoms with Gasteiger partial charge in [-0.25, -0.2) is 0 Å². The summed E-state index contributed by atoms with van der Waals surface area (Å²) < 4.78 is 12.1. The maximum absolute atomic E-state index is 12.3. The van der Waals surface area contributed by atoms with Gasteiger partial charge in [-0.1, -0.05) is 87.9 Å². The van der Waals surface area contributed by atoms with Gasteiger partial charge in [-0.2, -0.15) is 0 Å². The van der Waals surface area contributed by atoms with Crippen molar-refractivity contribution < 1.29 is 19.1 Å². The minimum atomic E-state index is -4.55. The smallest absolute Gasteiger partial charge is 0.338 e. The largest absolute Gasteiger partial charge is 0.352 e. The predicted molar refractivity (Wildman–Crippen MR) is 109 cm³/mol. The van der Waals surface area contributed by atoms with Crippen molar-refractivity contribution in [3.8, 4) is 0 Å². The topological polar surface area (TPSA) is 86.6 Å². The van der Waals surface area contributed by atoms with Gasteiger partial charge in [0.15, 0.2) is 5.78 Å². The third-order valence-electron chi connectivity index (χ3n) is 4.76. The van der Waals surface area contributed by atoms with Gasteiger partial charge in [-0.15, -0.1) is 0 Å². The number of fused-ring (bicyclic) bond motifs is 1. The lowest BCUT2D eigenvalue weighted by atomic mass is 10.0. The summed E-state index contributed by atoms with van der Waals surface area (Å²) in [5.41, 5.74) is 0.453. The van der Waals surface area contributed by atoms with Crippen LogP contribution in [0, 0.1) is 0 Å². The first kappa shape index (κ1) is 21.6. The molecule has 0 radical (unpaired) electrons. The molecule has 0 aliphatic carbocycles. The van der Waals surface area contributed by atoms with Crippen molar-refractivity contribution >= 4 is 24.3 Å². The number of amides is 1. The van der Waals surface area contributed by atoms with Crippen LogP contribution in [0.3, 0.4) is 0 Å². The van der Waals surface area contributed by atoms with Gasteiger partial charge in [0.2, 0.25) is 5.91 Å².